The molecule has 2 aliphatic heterocycles. The van der Waals surface area contributed by atoms with Crippen LogP contribution in [0.5, 0.6) is 0 Å². The number of carbonyl (C=O) groups is 4. The van der Waals surface area contributed by atoms with Crippen molar-refractivity contribution in [2.24, 2.45) is 7.05 Å². The molecule has 0 bridgehead atoms. The highest BCUT2D eigenvalue weighted by molar-refractivity contribution is 8.01. The smallest absolute Gasteiger partial charge is 0.352 e. The van der Waals surface area contributed by atoms with E-state index in [1.807, 2.05) is 0 Å². The molecule has 2 aromatic rings. The fraction of sp³-hybridized carbons (Fsp3) is 0.353. The standard InChI is InChI=1S/C17H17N7O5S2/c1-22-17(19-20-21-22)31-8-9-7-30-15-12(14(27)24(15)13(9)16(28)29)18-11(26)5-23-4-2-3-10(23)6-25/h2-4,6,12,15H,5,7-8H2,1H3,(H,18,26)(H,28,29). The van der Waals surface area contributed by atoms with Crippen molar-refractivity contribution in [2.45, 2.75) is 23.1 Å². The van der Waals surface area contributed by atoms with Crippen LogP contribution in [0.25, 0.3) is 0 Å². The predicted molar refractivity (Wildman–Crippen MR) is 109 cm³/mol. The summed E-state index contributed by atoms with van der Waals surface area (Å²) in [4.78, 5) is 49.2. The minimum absolute atomic E-state index is 0.0597. The van der Waals surface area contributed by atoms with E-state index in [4.69, 9.17) is 0 Å². The van der Waals surface area contributed by atoms with E-state index in [1.165, 1.54) is 37.7 Å². The van der Waals surface area contributed by atoms with Gasteiger partial charge >= 0.3 is 5.97 Å². The first kappa shape index (κ1) is 21.1. The van der Waals surface area contributed by atoms with Gasteiger partial charge in [-0.2, -0.15) is 0 Å². The third-order valence-electron chi connectivity index (χ3n) is 4.82. The van der Waals surface area contributed by atoms with Crippen molar-refractivity contribution in [3.8, 4) is 0 Å². The molecule has 2 amide bonds. The maximum absolute atomic E-state index is 12.7. The van der Waals surface area contributed by atoms with Gasteiger partial charge in [-0.15, -0.1) is 16.9 Å². The Bertz CT molecular complexity index is 1090. The molecule has 1 saturated heterocycles. The van der Waals surface area contributed by atoms with Crippen LogP contribution in [-0.2, 0) is 28.0 Å². The summed E-state index contributed by atoms with van der Waals surface area (Å²) in [5.74, 6) is -1.40. The molecule has 0 radical (unpaired) electrons. The summed E-state index contributed by atoms with van der Waals surface area (Å²) in [6.07, 6.45) is 2.23. The van der Waals surface area contributed by atoms with Gasteiger partial charge in [0.15, 0.2) is 6.29 Å². The number of aryl methyl sites for hydroxylation is 1. The Morgan fingerprint density at radius 3 is 2.94 bits per heavy atom. The lowest BCUT2D eigenvalue weighted by Crippen LogP contribution is -2.70. The number of rotatable bonds is 8. The van der Waals surface area contributed by atoms with Crippen LogP contribution in [0.4, 0.5) is 0 Å². The van der Waals surface area contributed by atoms with Crippen LogP contribution < -0.4 is 5.32 Å². The SMILES string of the molecule is Cn1nnnc1SCC1=C(C(=O)O)N2C(=O)C(NC(=O)Cn3cccc3C=O)C2SC1. The highest BCUT2D eigenvalue weighted by Gasteiger charge is 2.54. The monoisotopic (exact) mass is 463 g/mol. The van der Waals surface area contributed by atoms with Crippen LogP contribution >= 0.6 is 23.5 Å². The van der Waals surface area contributed by atoms with Crippen LogP contribution in [0.2, 0.25) is 0 Å². The van der Waals surface area contributed by atoms with Gasteiger partial charge in [0.1, 0.15) is 23.7 Å². The van der Waals surface area contributed by atoms with Crippen LogP contribution in [0.3, 0.4) is 0 Å². The van der Waals surface area contributed by atoms with E-state index in [2.05, 4.69) is 20.8 Å². The lowest BCUT2D eigenvalue weighted by atomic mass is 10.0. The number of nitrogens with one attached hydrogen (secondary N) is 1. The van der Waals surface area contributed by atoms with Gasteiger partial charge in [-0.3, -0.25) is 19.3 Å². The molecule has 2 aromatic heterocycles. The molecule has 4 heterocycles. The maximum Gasteiger partial charge on any atom is 0.352 e. The number of aromatic nitrogens is 5. The molecule has 2 atom stereocenters. The van der Waals surface area contributed by atoms with Crippen molar-refractivity contribution in [3.63, 3.8) is 0 Å². The van der Waals surface area contributed by atoms with E-state index in [0.29, 0.717) is 34.2 Å². The van der Waals surface area contributed by atoms with Gasteiger partial charge in [0.05, 0.1) is 5.69 Å². The van der Waals surface area contributed by atoms with E-state index < -0.39 is 29.2 Å². The number of amides is 2. The molecule has 12 nitrogen and oxygen atoms in total. The van der Waals surface area contributed by atoms with E-state index >= 15 is 0 Å². The van der Waals surface area contributed by atoms with E-state index in [-0.39, 0.29) is 12.2 Å². The second-order valence-electron chi connectivity index (χ2n) is 6.76. The Balaban J connectivity index is 1.44. The number of hydrogen-bond acceptors (Lipinski definition) is 9. The van der Waals surface area contributed by atoms with Gasteiger partial charge in [-0.25, -0.2) is 9.48 Å². The minimum Gasteiger partial charge on any atom is -0.477 e. The Kier molecular flexibility index (Phi) is 5.82. The maximum atomic E-state index is 12.7. The van der Waals surface area contributed by atoms with Crippen LogP contribution in [0, 0.1) is 0 Å². The van der Waals surface area contributed by atoms with E-state index in [9.17, 15) is 24.3 Å². The molecule has 2 aliphatic rings. The Hall–Kier alpha value is -3.13. The molecule has 1 fully saturated rings. The number of β-lactam (4-membered cyclic amide) rings is 1. The van der Waals surface area contributed by atoms with Gasteiger partial charge in [-0.1, -0.05) is 11.8 Å². The van der Waals surface area contributed by atoms with Crippen LogP contribution in [0.15, 0.2) is 34.8 Å². The zero-order valence-electron chi connectivity index (χ0n) is 16.2. The zero-order valence-corrected chi connectivity index (χ0v) is 17.8. The third kappa shape index (κ3) is 3.95. The molecule has 0 aliphatic carbocycles. The van der Waals surface area contributed by atoms with Gasteiger partial charge in [0.25, 0.3) is 5.91 Å². The minimum atomic E-state index is -1.20. The molecular weight excluding hydrogens is 446 g/mol. The average molecular weight is 464 g/mol. The Labute approximate surface area is 184 Å². The number of hydrogen-bond donors (Lipinski definition) is 2. The van der Waals surface area contributed by atoms with Crippen molar-refractivity contribution in [2.75, 3.05) is 11.5 Å². The Morgan fingerprint density at radius 1 is 1.45 bits per heavy atom. The molecule has 14 heteroatoms. The molecule has 4 rings (SSSR count). The van der Waals surface area contributed by atoms with Gasteiger partial charge < -0.3 is 15.0 Å². The fourth-order valence-corrected chi connectivity index (χ4v) is 5.68. The summed E-state index contributed by atoms with van der Waals surface area (Å²) in [5, 5.41) is 23.5. The summed E-state index contributed by atoms with van der Waals surface area (Å²) in [6, 6.07) is 2.40. The van der Waals surface area contributed by atoms with Crippen molar-refractivity contribution in [1.29, 1.82) is 0 Å². The summed E-state index contributed by atoms with van der Waals surface area (Å²) >= 11 is 2.67. The average Bonchev–Trinajstić information content (AvgIpc) is 3.37. The largest absolute Gasteiger partial charge is 0.477 e. The Morgan fingerprint density at radius 2 is 2.26 bits per heavy atom. The predicted octanol–water partition coefficient (Wildman–Crippen LogP) is -0.645. The second-order valence-corrected chi connectivity index (χ2v) is 8.81. The summed E-state index contributed by atoms with van der Waals surface area (Å²) in [6.45, 7) is -0.114. The third-order valence-corrected chi connectivity index (χ3v) is 7.26. The van der Waals surface area contributed by atoms with Gasteiger partial charge in [0, 0.05) is 24.8 Å². The topological polar surface area (TPSA) is 152 Å². The molecule has 0 aromatic carbocycles. The van der Waals surface area contributed by atoms with Crippen molar-refractivity contribution in [3.05, 3.63) is 35.3 Å². The number of aliphatic carboxylic acids is 1. The lowest BCUT2D eigenvalue weighted by Gasteiger charge is -2.49. The summed E-state index contributed by atoms with van der Waals surface area (Å²) in [5.41, 5.74) is 0.874. The molecule has 2 unspecified atom stereocenters. The van der Waals surface area contributed by atoms with Crippen LogP contribution in [0.1, 0.15) is 10.5 Å². The van der Waals surface area contributed by atoms with Crippen molar-refractivity contribution in [1.82, 2.24) is 35.0 Å². The van der Waals surface area contributed by atoms with E-state index in [0.717, 1.165) is 0 Å². The molecular formula is C17H17N7O5S2. The summed E-state index contributed by atoms with van der Waals surface area (Å²) in [7, 11) is 1.68. The first-order valence-corrected chi connectivity index (χ1v) is 11.1. The van der Waals surface area contributed by atoms with E-state index in [1.54, 1.807) is 25.4 Å². The van der Waals surface area contributed by atoms with Gasteiger partial charge in [-0.05, 0) is 28.1 Å². The molecule has 0 saturated carbocycles. The molecule has 162 valence electrons. The number of carbonyl (C=O) groups excluding carboxylic acids is 3. The quantitative estimate of drug-likeness (QED) is 0.293. The van der Waals surface area contributed by atoms with Crippen molar-refractivity contribution < 1.29 is 24.3 Å². The molecule has 2 N–H and O–H groups in total. The molecule has 0 spiro atoms. The van der Waals surface area contributed by atoms with Gasteiger partial charge in [0.2, 0.25) is 11.1 Å². The highest BCUT2D eigenvalue weighted by atomic mass is 32.2. The number of carboxylic acids is 1. The number of carboxylic acid groups (broad SMARTS) is 1. The van der Waals surface area contributed by atoms with Crippen LogP contribution in [-0.4, -0.2) is 81.8 Å². The fourth-order valence-electron chi connectivity index (χ4n) is 3.34. The number of fused-ring (bicyclic) bond motifs is 1. The number of nitrogens with zero attached hydrogens (tertiary/aromatic N) is 6. The number of aldehydes is 1. The number of tetrazole rings is 1. The molecule has 31 heavy (non-hydrogen) atoms. The highest BCUT2D eigenvalue weighted by Crippen LogP contribution is 2.41. The summed E-state index contributed by atoms with van der Waals surface area (Å²) < 4.78 is 2.95. The van der Waals surface area contributed by atoms with Crippen molar-refractivity contribution >= 4 is 47.6 Å². The first-order chi connectivity index (χ1) is 14.9. The normalized spacial score (nSPS) is 20.3. The number of thioether (sulfide) groups is 2. The first-order valence-electron chi connectivity index (χ1n) is 9.05. The zero-order chi connectivity index (χ0) is 22.1. The lowest BCUT2D eigenvalue weighted by molar-refractivity contribution is -0.150. The second kappa shape index (κ2) is 8.55.